The van der Waals surface area contributed by atoms with Crippen LogP contribution in [0.5, 0.6) is 0 Å². The van der Waals surface area contributed by atoms with E-state index in [-0.39, 0.29) is 0 Å². The quantitative estimate of drug-likeness (QED) is 0.546. The van der Waals surface area contributed by atoms with E-state index < -0.39 is 0 Å². The van der Waals surface area contributed by atoms with Crippen LogP contribution in [-0.2, 0) is 0 Å². The van der Waals surface area contributed by atoms with E-state index in [0.29, 0.717) is 5.82 Å². The van der Waals surface area contributed by atoms with E-state index in [1.807, 2.05) is 26.0 Å². The van der Waals surface area contributed by atoms with E-state index in [4.69, 9.17) is 6.42 Å². The van der Waals surface area contributed by atoms with E-state index in [2.05, 4.69) is 21.1 Å². The van der Waals surface area contributed by atoms with Crippen molar-refractivity contribution in [1.82, 2.24) is 15.2 Å². The minimum atomic E-state index is 0.633. The molecule has 1 rings (SSSR count). The van der Waals surface area contributed by atoms with Gasteiger partial charge in [-0.1, -0.05) is 18.1 Å². The number of rotatable bonds is 2. The first-order chi connectivity index (χ1) is 6.27. The van der Waals surface area contributed by atoms with Crippen molar-refractivity contribution in [3.05, 3.63) is 29.9 Å². The Hall–Kier alpha value is -1.82. The van der Waals surface area contributed by atoms with E-state index in [9.17, 15) is 0 Å². The highest BCUT2D eigenvalue weighted by molar-refractivity contribution is 5.71. The minimum absolute atomic E-state index is 0.633. The number of H-pyrrole nitrogens is 1. The maximum Gasteiger partial charge on any atom is 0.181 e. The molecule has 0 amide bonds. The van der Waals surface area contributed by atoms with Gasteiger partial charge in [-0.15, -0.1) is 6.42 Å². The van der Waals surface area contributed by atoms with Crippen molar-refractivity contribution in [2.24, 2.45) is 0 Å². The topological polar surface area (TPSA) is 41.6 Å². The highest BCUT2D eigenvalue weighted by Gasteiger charge is 2.02. The van der Waals surface area contributed by atoms with Gasteiger partial charge in [0.2, 0.25) is 0 Å². The molecule has 3 nitrogen and oxygen atoms in total. The van der Waals surface area contributed by atoms with Gasteiger partial charge in [0.1, 0.15) is 5.82 Å². The van der Waals surface area contributed by atoms with Gasteiger partial charge < -0.3 is 0 Å². The summed E-state index contributed by atoms with van der Waals surface area (Å²) in [5.74, 6) is 3.87. The van der Waals surface area contributed by atoms with Crippen molar-refractivity contribution in [1.29, 1.82) is 0 Å². The third-order valence-electron chi connectivity index (χ3n) is 1.44. The first-order valence-electron chi connectivity index (χ1n) is 3.96. The van der Waals surface area contributed by atoms with Gasteiger partial charge in [-0.25, -0.2) is 4.98 Å². The standard InChI is InChI=1S/C10H11N3/c1-4-6-9(7-5-2)10-11-8(3)12-13-10/h1,5-7H,2-3H3,(H,11,12,13)/b7-5-,9-6+. The summed E-state index contributed by atoms with van der Waals surface area (Å²) in [6.07, 6.45) is 10.6. The summed E-state index contributed by atoms with van der Waals surface area (Å²) in [6.45, 7) is 3.77. The number of hydrogen-bond donors (Lipinski definition) is 1. The third kappa shape index (κ3) is 2.31. The molecule has 0 atom stereocenters. The summed E-state index contributed by atoms with van der Waals surface area (Å²) in [5, 5.41) is 6.76. The lowest BCUT2D eigenvalue weighted by atomic mass is 10.2. The predicted octanol–water partition coefficient (Wildman–Crippen LogP) is 1.71. The largest absolute Gasteiger partial charge is 0.263 e. The van der Waals surface area contributed by atoms with Crippen molar-refractivity contribution in [2.75, 3.05) is 0 Å². The molecular weight excluding hydrogens is 162 g/mol. The molecule has 0 saturated carbocycles. The molecule has 1 heterocycles. The molecule has 0 saturated heterocycles. The second-order valence-electron chi connectivity index (χ2n) is 2.51. The Balaban J connectivity index is 3.04. The molecule has 0 aliphatic heterocycles. The molecule has 3 heteroatoms. The van der Waals surface area contributed by atoms with Gasteiger partial charge >= 0.3 is 0 Å². The Morgan fingerprint density at radius 2 is 2.38 bits per heavy atom. The van der Waals surface area contributed by atoms with Crippen molar-refractivity contribution >= 4 is 5.57 Å². The fraction of sp³-hybridized carbons (Fsp3) is 0.200. The summed E-state index contributed by atoms with van der Waals surface area (Å²) in [6, 6.07) is 0. The molecule has 1 N–H and O–H groups in total. The second kappa shape index (κ2) is 4.27. The second-order valence-corrected chi connectivity index (χ2v) is 2.51. The monoisotopic (exact) mass is 173 g/mol. The normalized spacial score (nSPS) is 11.9. The zero-order chi connectivity index (χ0) is 9.68. The van der Waals surface area contributed by atoms with Crippen molar-refractivity contribution < 1.29 is 0 Å². The molecule has 1 aromatic rings. The Labute approximate surface area is 77.6 Å². The van der Waals surface area contributed by atoms with Gasteiger partial charge in [-0.2, -0.15) is 5.10 Å². The molecule has 0 aliphatic rings. The van der Waals surface area contributed by atoms with Crippen LogP contribution < -0.4 is 0 Å². The minimum Gasteiger partial charge on any atom is -0.263 e. The number of terminal acetylenes is 1. The number of aromatic amines is 1. The van der Waals surface area contributed by atoms with Crippen LogP contribution in [-0.4, -0.2) is 15.2 Å². The van der Waals surface area contributed by atoms with Crippen LogP contribution in [0.4, 0.5) is 0 Å². The molecule has 0 aromatic carbocycles. The number of nitrogens with one attached hydrogen (secondary N) is 1. The number of aryl methyl sites for hydroxylation is 1. The van der Waals surface area contributed by atoms with E-state index in [0.717, 1.165) is 11.4 Å². The van der Waals surface area contributed by atoms with E-state index >= 15 is 0 Å². The average Bonchev–Trinajstić information content (AvgIpc) is 2.51. The smallest absolute Gasteiger partial charge is 0.181 e. The zero-order valence-corrected chi connectivity index (χ0v) is 7.70. The Kier molecular flexibility index (Phi) is 3.04. The zero-order valence-electron chi connectivity index (χ0n) is 7.70. The SMILES string of the molecule is C#C/C=C(\C=C/C)c1n[nH]c(C)n1. The molecule has 0 unspecified atom stereocenters. The predicted molar refractivity (Wildman–Crippen MR) is 52.7 cm³/mol. The molecule has 66 valence electrons. The number of hydrogen-bond acceptors (Lipinski definition) is 2. The molecule has 0 spiro atoms. The van der Waals surface area contributed by atoms with Crippen LogP contribution in [0.1, 0.15) is 18.6 Å². The van der Waals surface area contributed by atoms with Crippen LogP contribution in [0, 0.1) is 19.3 Å². The Morgan fingerprint density at radius 3 is 2.85 bits per heavy atom. The van der Waals surface area contributed by atoms with Crippen molar-refractivity contribution in [2.45, 2.75) is 13.8 Å². The van der Waals surface area contributed by atoms with Gasteiger partial charge in [0.25, 0.3) is 0 Å². The lowest BCUT2D eigenvalue weighted by molar-refractivity contribution is 1.03. The Bertz CT molecular complexity index is 377. The molecular formula is C10H11N3. The first-order valence-corrected chi connectivity index (χ1v) is 3.96. The number of aromatic nitrogens is 3. The summed E-state index contributed by atoms with van der Waals surface area (Å²) < 4.78 is 0. The molecule has 13 heavy (non-hydrogen) atoms. The Morgan fingerprint density at radius 1 is 1.62 bits per heavy atom. The van der Waals surface area contributed by atoms with Crippen molar-refractivity contribution in [3.8, 4) is 12.3 Å². The fourth-order valence-corrected chi connectivity index (χ4v) is 0.928. The van der Waals surface area contributed by atoms with Crippen molar-refractivity contribution in [3.63, 3.8) is 0 Å². The summed E-state index contributed by atoms with van der Waals surface area (Å²) in [4.78, 5) is 4.17. The molecule has 1 aromatic heterocycles. The van der Waals surface area contributed by atoms with Crippen LogP contribution in [0.25, 0.3) is 5.57 Å². The van der Waals surface area contributed by atoms with E-state index in [1.54, 1.807) is 6.08 Å². The lowest BCUT2D eigenvalue weighted by Crippen LogP contribution is -1.83. The maximum atomic E-state index is 5.18. The van der Waals surface area contributed by atoms with Crippen LogP contribution in [0.3, 0.4) is 0 Å². The van der Waals surface area contributed by atoms with Crippen LogP contribution >= 0.6 is 0 Å². The number of allylic oxidation sites excluding steroid dienone is 4. The molecule has 0 radical (unpaired) electrons. The molecule has 0 bridgehead atoms. The van der Waals surface area contributed by atoms with Crippen LogP contribution in [0.2, 0.25) is 0 Å². The third-order valence-corrected chi connectivity index (χ3v) is 1.44. The van der Waals surface area contributed by atoms with E-state index in [1.165, 1.54) is 0 Å². The maximum absolute atomic E-state index is 5.18. The van der Waals surface area contributed by atoms with Gasteiger partial charge in [0.05, 0.1) is 0 Å². The summed E-state index contributed by atoms with van der Waals surface area (Å²) in [7, 11) is 0. The van der Waals surface area contributed by atoms with Gasteiger partial charge in [-0.05, 0) is 19.9 Å². The number of nitrogens with zero attached hydrogens (tertiary/aromatic N) is 2. The van der Waals surface area contributed by atoms with Crippen LogP contribution in [0.15, 0.2) is 18.2 Å². The van der Waals surface area contributed by atoms with Gasteiger partial charge in [-0.3, -0.25) is 5.10 Å². The highest BCUT2D eigenvalue weighted by Crippen LogP contribution is 2.09. The van der Waals surface area contributed by atoms with Gasteiger partial charge in [0.15, 0.2) is 5.82 Å². The summed E-state index contributed by atoms with van der Waals surface area (Å²) >= 11 is 0. The summed E-state index contributed by atoms with van der Waals surface area (Å²) in [5.41, 5.74) is 0.842. The fourth-order valence-electron chi connectivity index (χ4n) is 0.928. The molecule has 0 fully saturated rings. The molecule has 0 aliphatic carbocycles. The first kappa shape index (κ1) is 9.27. The van der Waals surface area contributed by atoms with Gasteiger partial charge in [0, 0.05) is 5.57 Å². The highest BCUT2D eigenvalue weighted by atomic mass is 15.2. The lowest BCUT2D eigenvalue weighted by Gasteiger charge is -1.90. The average molecular weight is 173 g/mol.